The molecule has 0 atom stereocenters. The molecule has 158 valence electrons. The Hall–Kier alpha value is -3.40. The van der Waals surface area contributed by atoms with E-state index in [9.17, 15) is 13.2 Å². The molecule has 0 aliphatic carbocycles. The molecule has 0 aliphatic heterocycles. The molecule has 3 aromatic rings. The minimum atomic E-state index is -3.37. The zero-order chi connectivity index (χ0) is 21.9. The SMILES string of the molecule is COc1cc(OC)cc(C(=O)Nc2nnc(-c3ccc(S(=O)(=O)C(C)C)cc3)o2)c1. The smallest absolute Gasteiger partial charge is 0.322 e. The second kappa shape index (κ2) is 8.54. The first-order valence-electron chi connectivity index (χ1n) is 8.97. The molecule has 0 saturated heterocycles. The Kier molecular flexibility index (Phi) is 6.06. The average molecular weight is 431 g/mol. The van der Waals surface area contributed by atoms with Crippen LogP contribution in [0.2, 0.25) is 0 Å². The summed E-state index contributed by atoms with van der Waals surface area (Å²) in [7, 11) is -0.404. The summed E-state index contributed by atoms with van der Waals surface area (Å²) in [5, 5.41) is 9.70. The molecule has 2 aromatic carbocycles. The molecule has 1 aromatic heterocycles. The third-order valence-electron chi connectivity index (χ3n) is 4.31. The van der Waals surface area contributed by atoms with Crippen LogP contribution in [0, 0.1) is 0 Å². The van der Waals surface area contributed by atoms with Crippen molar-refractivity contribution < 1.29 is 27.1 Å². The largest absolute Gasteiger partial charge is 0.497 e. The summed E-state index contributed by atoms with van der Waals surface area (Å²) < 4.78 is 40.2. The Labute approximate surface area is 174 Å². The van der Waals surface area contributed by atoms with Gasteiger partial charge in [-0.2, -0.15) is 0 Å². The van der Waals surface area contributed by atoms with Crippen molar-refractivity contribution in [2.45, 2.75) is 24.0 Å². The summed E-state index contributed by atoms with van der Waals surface area (Å²) in [5.41, 5.74) is 0.808. The van der Waals surface area contributed by atoms with Gasteiger partial charge in [-0.05, 0) is 50.2 Å². The maximum Gasteiger partial charge on any atom is 0.322 e. The minimum Gasteiger partial charge on any atom is -0.497 e. The Bertz CT molecular complexity index is 1130. The molecule has 0 aliphatic rings. The zero-order valence-corrected chi connectivity index (χ0v) is 17.7. The van der Waals surface area contributed by atoms with Crippen molar-refractivity contribution in [2.75, 3.05) is 19.5 Å². The number of anilines is 1. The molecule has 0 unspecified atom stereocenters. The first-order valence-corrected chi connectivity index (χ1v) is 10.5. The van der Waals surface area contributed by atoms with Gasteiger partial charge >= 0.3 is 6.01 Å². The first-order chi connectivity index (χ1) is 14.2. The number of carbonyl (C=O) groups is 1. The zero-order valence-electron chi connectivity index (χ0n) is 16.9. The van der Waals surface area contributed by atoms with Crippen LogP contribution in [-0.2, 0) is 9.84 Å². The number of benzene rings is 2. The van der Waals surface area contributed by atoms with Gasteiger partial charge in [-0.25, -0.2) is 8.42 Å². The van der Waals surface area contributed by atoms with Gasteiger partial charge in [-0.3, -0.25) is 10.1 Å². The lowest BCUT2D eigenvalue weighted by Crippen LogP contribution is -2.13. The number of rotatable bonds is 7. The molecule has 9 nitrogen and oxygen atoms in total. The third kappa shape index (κ3) is 4.43. The molecule has 1 heterocycles. The fraction of sp³-hybridized carbons (Fsp3) is 0.250. The van der Waals surface area contributed by atoms with E-state index in [0.717, 1.165) is 0 Å². The predicted molar refractivity (Wildman–Crippen MR) is 110 cm³/mol. The molecule has 3 rings (SSSR count). The van der Waals surface area contributed by atoms with Crippen molar-refractivity contribution in [1.29, 1.82) is 0 Å². The van der Waals surface area contributed by atoms with E-state index in [1.807, 2.05) is 0 Å². The van der Waals surface area contributed by atoms with E-state index in [2.05, 4.69) is 15.5 Å². The predicted octanol–water partition coefficient (Wildman–Crippen LogP) is 3.19. The topological polar surface area (TPSA) is 121 Å². The van der Waals surface area contributed by atoms with Gasteiger partial charge in [0.15, 0.2) is 9.84 Å². The number of methoxy groups -OCH3 is 2. The lowest BCUT2D eigenvalue weighted by Gasteiger charge is -2.08. The van der Waals surface area contributed by atoms with E-state index < -0.39 is 21.0 Å². The highest BCUT2D eigenvalue weighted by atomic mass is 32.2. The number of hydrogen-bond acceptors (Lipinski definition) is 8. The van der Waals surface area contributed by atoms with Crippen LogP contribution in [0.25, 0.3) is 11.5 Å². The van der Waals surface area contributed by atoms with Gasteiger partial charge in [0.25, 0.3) is 5.91 Å². The summed E-state index contributed by atoms with van der Waals surface area (Å²) in [5.74, 6) is 0.576. The molecule has 0 bridgehead atoms. The van der Waals surface area contributed by atoms with E-state index in [1.165, 1.54) is 26.4 Å². The van der Waals surface area contributed by atoms with E-state index >= 15 is 0 Å². The minimum absolute atomic E-state index is 0.101. The van der Waals surface area contributed by atoms with E-state index in [0.29, 0.717) is 17.1 Å². The number of ether oxygens (including phenoxy) is 2. The normalized spacial score (nSPS) is 11.4. The number of nitrogens with one attached hydrogen (secondary N) is 1. The molecular formula is C20H21N3O6S. The van der Waals surface area contributed by atoms with Gasteiger partial charge in [0.1, 0.15) is 11.5 Å². The lowest BCUT2D eigenvalue weighted by atomic mass is 10.2. The van der Waals surface area contributed by atoms with Crippen molar-refractivity contribution in [2.24, 2.45) is 0 Å². The molecule has 0 saturated carbocycles. The fourth-order valence-corrected chi connectivity index (χ4v) is 3.62. The molecule has 0 fully saturated rings. The highest BCUT2D eigenvalue weighted by Gasteiger charge is 2.20. The highest BCUT2D eigenvalue weighted by Crippen LogP contribution is 2.25. The van der Waals surface area contributed by atoms with E-state index in [-0.39, 0.29) is 22.4 Å². The standard InChI is InChI=1S/C20H21N3O6S/c1-12(2)30(25,26)17-7-5-13(6-8-17)19-22-23-20(29-19)21-18(24)14-9-15(27-3)11-16(10-14)28-4/h5-12H,1-4H3,(H,21,23,24). The van der Waals surface area contributed by atoms with Gasteiger partial charge in [0, 0.05) is 17.2 Å². The lowest BCUT2D eigenvalue weighted by molar-refractivity contribution is 0.102. The maximum absolute atomic E-state index is 12.5. The number of amides is 1. The Morgan fingerprint density at radius 2 is 1.60 bits per heavy atom. The van der Waals surface area contributed by atoms with Crippen LogP contribution in [0.1, 0.15) is 24.2 Å². The second-order valence-corrected chi connectivity index (χ2v) is 9.09. The van der Waals surface area contributed by atoms with Crippen LogP contribution in [-0.4, -0.2) is 44.0 Å². The summed E-state index contributed by atoms with van der Waals surface area (Å²) in [4.78, 5) is 12.7. The van der Waals surface area contributed by atoms with Gasteiger partial charge in [0.05, 0.1) is 24.4 Å². The van der Waals surface area contributed by atoms with Crippen molar-refractivity contribution in [3.63, 3.8) is 0 Å². The average Bonchev–Trinajstić information content (AvgIpc) is 3.21. The van der Waals surface area contributed by atoms with Crippen LogP contribution < -0.4 is 14.8 Å². The molecular weight excluding hydrogens is 410 g/mol. The molecule has 0 spiro atoms. The van der Waals surface area contributed by atoms with Crippen LogP contribution in [0.5, 0.6) is 11.5 Å². The highest BCUT2D eigenvalue weighted by molar-refractivity contribution is 7.92. The number of sulfone groups is 1. The van der Waals surface area contributed by atoms with E-state index in [1.54, 1.807) is 44.2 Å². The van der Waals surface area contributed by atoms with Gasteiger partial charge in [0.2, 0.25) is 5.89 Å². The molecule has 1 N–H and O–H groups in total. The number of carbonyl (C=O) groups excluding carboxylic acids is 1. The number of aromatic nitrogens is 2. The number of hydrogen-bond donors (Lipinski definition) is 1. The summed E-state index contributed by atoms with van der Waals surface area (Å²) in [6.45, 7) is 3.24. The third-order valence-corrected chi connectivity index (χ3v) is 6.48. The molecule has 1 amide bonds. The molecule has 10 heteroatoms. The summed E-state index contributed by atoms with van der Waals surface area (Å²) in [6, 6.07) is 10.7. The summed E-state index contributed by atoms with van der Waals surface area (Å²) >= 11 is 0. The van der Waals surface area contributed by atoms with Crippen molar-refractivity contribution in [1.82, 2.24) is 10.2 Å². The van der Waals surface area contributed by atoms with Gasteiger partial charge < -0.3 is 13.9 Å². The first kappa shape index (κ1) is 21.3. The Balaban J connectivity index is 1.78. The van der Waals surface area contributed by atoms with Crippen LogP contribution in [0.3, 0.4) is 0 Å². The fourth-order valence-electron chi connectivity index (χ4n) is 2.56. The van der Waals surface area contributed by atoms with E-state index in [4.69, 9.17) is 13.9 Å². The van der Waals surface area contributed by atoms with Crippen molar-refractivity contribution >= 4 is 21.8 Å². The molecule has 0 radical (unpaired) electrons. The van der Waals surface area contributed by atoms with Gasteiger partial charge in [-0.15, -0.1) is 5.10 Å². The quantitative estimate of drug-likeness (QED) is 0.605. The maximum atomic E-state index is 12.5. The van der Waals surface area contributed by atoms with Crippen LogP contribution in [0.15, 0.2) is 51.8 Å². The monoisotopic (exact) mass is 431 g/mol. The Morgan fingerprint density at radius 3 is 2.13 bits per heavy atom. The summed E-state index contributed by atoms with van der Waals surface area (Å²) in [6.07, 6.45) is 0. The Morgan fingerprint density at radius 1 is 1.00 bits per heavy atom. The van der Waals surface area contributed by atoms with Crippen molar-refractivity contribution in [3.8, 4) is 23.0 Å². The van der Waals surface area contributed by atoms with Crippen molar-refractivity contribution in [3.05, 3.63) is 48.0 Å². The van der Waals surface area contributed by atoms with Crippen LogP contribution in [0.4, 0.5) is 6.01 Å². The molecule has 30 heavy (non-hydrogen) atoms. The van der Waals surface area contributed by atoms with Gasteiger partial charge in [-0.1, -0.05) is 5.10 Å². The van der Waals surface area contributed by atoms with Crippen LogP contribution >= 0.6 is 0 Å². The number of nitrogens with zero attached hydrogens (tertiary/aromatic N) is 2. The second-order valence-electron chi connectivity index (χ2n) is 6.59.